The van der Waals surface area contributed by atoms with Gasteiger partial charge in [0.25, 0.3) is 5.95 Å². The van der Waals surface area contributed by atoms with Crippen LogP contribution in [0.15, 0.2) is 42.6 Å². The molecule has 27 heavy (non-hydrogen) atoms. The fourth-order valence-electron chi connectivity index (χ4n) is 3.30. The van der Waals surface area contributed by atoms with Gasteiger partial charge in [-0.05, 0) is 43.0 Å². The Bertz CT molecular complexity index is 901. The summed E-state index contributed by atoms with van der Waals surface area (Å²) >= 11 is 0. The monoisotopic (exact) mass is 369 g/mol. The molecule has 0 amide bonds. The first-order valence-electron chi connectivity index (χ1n) is 9.19. The van der Waals surface area contributed by atoms with Gasteiger partial charge in [0.1, 0.15) is 18.3 Å². The predicted molar refractivity (Wildman–Crippen MR) is 99.2 cm³/mol. The first kappa shape index (κ1) is 17.6. The molecule has 0 bridgehead atoms. The van der Waals surface area contributed by atoms with Crippen LogP contribution in [0.4, 0.5) is 14.6 Å². The highest BCUT2D eigenvalue weighted by Crippen LogP contribution is 2.21. The number of hydrogen-bond acceptors (Lipinski definition) is 4. The SMILES string of the molecule is FCc1ccn(-c2nc(Cc3ccc(F)cc3)cc(N3CCCCC3)n2)n1. The summed E-state index contributed by atoms with van der Waals surface area (Å²) in [7, 11) is 0. The summed E-state index contributed by atoms with van der Waals surface area (Å²) in [6, 6.07) is 10.0. The first-order chi connectivity index (χ1) is 13.2. The fourth-order valence-corrected chi connectivity index (χ4v) is 3.30. The molecule has 5 nitrogen and oxygen atoms in total. The van der Waals surface area contributed by atoms with Crippen molar-refractivity contribution in [3.8, 4) is 5.95 Å². The summed E-state index contributed by atoms with van der Waals surface area (Å²) in [5.74, 6) is 1.02. The highest BCUT2D eigenvalue weighted by molar-refractivity contribution is 5.43. The van der Waals surface area contributed by atoms with E-state index in [1.54, 1.807) is 24.4 Å². The van der Waals surface area contributed by atoms with E-state index in [1.165, 1.54) is 23.2 Å². The van der Waals surface area contributed by atoms with Gasteiger partial charge in [-0.3, -0.25) is 0 Å². The molecule has 1 aromatic carbocycles. The molecule has 1 saturated heterocycles. The molecule has 0 spiro atoms. The van der Waals surface area contributed by atoms with E-state index >= 15 is 0 Å². The van der Waals surface area contributed by atoms with E-state index < -0.39 is 6.67 Å². The maximum atomic E-state index is 13.2. The van der Waals surface area contributed by atoms with Crippen LogP contribution in [0.25, 0.3) is 5.95 Å². The molecule has 0 N–H and O–H groups in total. The van der Waals surface area contributed by atoms with E-state index in [1.807, 2.05) is 6.07 Å². The van der Waals surface area contributed by atoms with Gasteiger partial charge in [-0.1, -0.05) is 12.1 Å². The standard InChI is InChI=1S/C20H21F2N5/c21-14-17-8-11-27(25-17)20-23-18(12-15-4-6-16(22)7-5-15)13-19(24-20)26-9-2-1-3-10-26/h4-8,11,13H,1-3,9-10,12,14H2. The topological polar surface area (TPSA) is 46.8 Å². The Morgan fingerprint density at radius 2 is 1.70 bits per heavy atom. The number of rotatable bonds is 5. The maximum Gasteiger partial charge on any atom is 0.252 e. The molecule has 2 aromatic heterocycles. The van der Waals surface area contributed by atoms with Gasteiger partial charge in [-0.2, -0.15) is 10.1 Å². The first-order valence-corrected chi connectivity index (χ1v) is 9.19. The molecule has 1 fully saturated rings. The number of anilines is 1. The Kier molecular flexibility index (Phi) is 5.09. The second-order valence-electron chi connectivity index (χ2n) is 6.75. The summed E-state index contributed by atoms with van der Waals surface area (Å²) in [6.45, 7) is 1.30. The van der Waals surface area contributed by atoms with Crippen LogP contribution < -0.4 is 4.90 Å². The summed E-state index contributed by atoms with van der Waals surface area (Å²) in [6.07, 6.45) is 5.75. The predicted octanol–water partition coefficient (Wildman–Crippen LogP) is 3.85. The van der Waals surface area contributed by atoms with Crippen LogP contribution in [0.1, 0.15) is 36.2 Å². The van der Waals surface area contributed by atoms with Crippen molar-refractivity contribution in [3.63, 3.8) is 0 Å². The van der Waals surface area contributed by atoms with E-state index in [4.69, 9.17) is 0 Å². The van der Waals surface area contributed by atoms with Crippen molar-refractivity contribution < 1.29 is 8.78 Å². The summed E-state index contributed by atoms with van der Waals surface area (Å²) < 4.78 is 27.6. The van der Waals surface area contributed by atoms with Crippen LogP contribution in [0.5, 0.6) is 0 Å². The Morgan fingerprint density at radius 1 is 0.926 bits per heavy atom. The lowest BCUT2D eigenvalue weighted by molar-refractivity contribution is 0.472. The molecular weight excluding hydrogens is 348 g/mol. The average molecular weight is 369 g/mol. The van der Waals surface area contributed by atoms with Gasteiger partial charge >= 0.3 is 0 Å². The second-order valence-corrected chi connectivity index (χ2v) is 6.75. The van der Waals surface area contributed by atoms with Crippen molar-refractivity contribution >= 4 is 5.82 Å². The van der Waals surface area contributed by atoms with Crippen molar-refractivity contribution in [2.45, 2.75) is 32.4 Å². The molecule has 1 aliphatic rings. The third-order valence-electron chi connectivity index (χ3n) is 4.72. The lowest BCUT2D eigenvalue weighted by Gasteiger charge is -2.28. The third kappa shape index (κ3) is 4.13. The second kappa shape index (κ2) is 7.82. The van der Waals surface area contributed by atoms with Crippen molar-refractivity contribution in [2.24, 2.45) is 0 Å². The zero-order valence-electron chi connectivity index (χ0n) is 15.0. The van der Waals surface area contributed by atoms with Crippen LogP contribution in [-0.4, -0.2) is 32.8 Å². The van der Waals surface area contributed by atoms with Gasteiger partial charge in [0.15, 0.2) is 0 Å². The molecule has 4 rings (SSSR count). The zero-order chi connectivity index (χ0) is 18.6. The number of hydrogen-bond donors (Lipinski definition) is 0. The van der Waals surface area contributed by atoms with Gasteiger partial charge in [-0.15, -0.1) is 0 Å². The maximum absolute atomic E-state index is 13.2. The molecule has 0 atom stereocenters. The average Bonchev–Trinajstić information content (AvgIpc) is 3.20. The smallest absolute Gasteiger partial charge is 0.252 e. The van der Waals surface area contributed by atoms with E-state index in [9.17, 15) is 8.78 Å². The number of nitrogens with zero attached hydrogens (tertiary/aromatic N) is 5. The third-order valence-corrected chi connectivity index (χ3v) is 4.72. The van der Waals surface area contributed by atoms with Crippen LogP contribution >= 0.6 is 0 Å². The number of halogens is 2. The van der Waals surface area contributed by atoms with E-state index in [0.717, 1.165) is 43.0 Å². The van der Waals surface area contributed by atoms with E-state index in [-0.39, 0.29) is 5.82 Å². The van der Waals surface area contributed by atoms with Crippen LogP contribution in [0.3, 0.4) is 0 Å². The highest BCUT2D eigenvalue weighted by Gasteiger charge is 2.16. The minimum Gasteiger partial charge on any atom is -0.356 e. The lowest BCUT2D eigenvalue weighted by atomic mass is 10.1. The molecule has 0 aliphatic carbocycles. The lowest BCUT2D eigenvalue weighted by Crippen LogP contribution is -2.30. The quantitative estimate of drug-likeness (QED) is 0.685. The Balaban J connectivity index is 1.69. The number of piperidine rings is 1. The van der Waals surface area contributed by atoms with Crippen LogP contribution in [-0.2, 0) is 13.1 Å². The van der Waals surface area contributed by atoms with Gasteiger partial charge in [-0.25, -0.2) is 18.4 Å². The zero-order valence-corrected chi connectivity index (χ0v) is 15.0. The number of benzene rings is 1. The van der Waals surface area contributed by atoms with Crippen LogP contribution in [0.2, 0.25) is 0 Å². The summed E-state index contributed by atoms with van der Waals surface area (Å²) in [4.78, 5) is 11.5. The normalized spacial score (nSPS) is 14.5. The number of alkyl halides is 1. The van der Waals surface area contributed by atoms with E-state index in [2.05, 4.69) is 20.0 Å². The molecule has 3 aromatic rings. The van der Waals surface area contributed by atoms with Crippen molar-refractivity contribution in [2.75, 3.05) is 18.0 Å². The summed E-state index contributed by atoms with van der Waals surface area (Å²) in [5.41, 5.74) is 2.14. The van der Waals surface area contributed by atoms with Crippen molar-refractivity contribution in [3.05, 3.63) is 65.4 Å². The van der Waals surface area contributed by atoms with Gasteiger partial charge in [0.05, 0.1) is 11.4 Å². The van der Waals surface area contributed by atoms with Gasteiger partial charge < -0.3 is 4.90 Å². The van der Waals surface area contributed by atoms with Gasteiger partial charge in [0, 0.05) is 31.8 Å². The van der Waals surface area contributed by atoms with Crippen LogP contribution in [0, 0.1) is 5.82 Å². The molecule has 7 heteroatoms. The van der Waals surface area contributed by atoms with E-state index in [0.29, 0.717) is 18.1 Å². The minimum absolute atomic E-state index is 0.258. The molecular formula is C20H21F2N5. The van der Waals surface area contributed by atoms with Crippen molar-refractivity contribution in [1.82, 2.24) is 19.7 Å². The summed E-state index contributed by atoms with van der Waals surface area (Å²) in [5, 5.41) is 4.19. The molecule has 140 valence electrons. The molecule has 0 saturated carbocycles. The van der Waals surface area contributed by atoms with Crippen molar-refractivity contribution in [1.29, 1.82) is 0 Å². The largest absolute Gasteiger partial charge is 0.356 e. The fraction of sp³-hybridized carbons (Fsp3) is 0.350. The Hall–Kier alpha value is -2.83. The Labute approximate surface area is 156 Å². The minimum atomic E-state index is -0.624. The molecule has 0 radical (unpaired) electrons. The number of aromatic nitrogens is 4. The molecule has 3 heterocycles. The van der Waals surface area contributed by atoms with Gasteiger partial charge in [0.2, 0.25) is 0 Å². The highest BCUT2D eigenvalue weighted by atomic mass is 19.1. The Morgan fingerprint density at radius 3 is 2.41 bits per heavy atom. The molecule has 0 unspecified atom stereocenters. The molecule has 1 aliphatic heterocycles.